The fraction of sp³-hybridized carbons (Fsp3) is 0.609. The number of carbonyl (C=O) groups is 2. The molecule has 1 aromatic carbocycles. The summed E-state index contributed by atoms with van der Waals surface area (Å²) in [6.45, 7) is 3.62. The molecule has 32 heavy (non-hydrogen) atoms. The number of rotatable bonds is 5. The van der Waals surface area contributed by atoms with Crippen LogP contribution < -0.4 is 20.9 Å². The fourth-order valence-corrected chi connectivity index (χ4v) is 5.31. The minimum Gasteiger partial charge on any atom is -0.371 e. The van der Waals surface area contributed by atoms with Gasteiger partial charge in [-0.2, -0.15) is 5.10 Å². The summed E-state index contributed by atoms with van der Waals surface area (Å²) in [6, 6.07) is 7.02. The van der Waals surface area contributed by atoms with Gasteiger partial charge in [0.25, 0.3) is 0 Å². The third-order valence-electron chi connectivity index (χ3n) is 7.42. The zero-order valence-corrected chi connectivity index (χ0v) is 19.0. The number of urea groups is 1. The van der Waals surface area contributed by atoms with Gasteiger partial charge in [0.1, 0.15) is 0 Å². The van der Waals surface area contributed by atoms with Gasteiger partial charge in [0.2, 0.25) is 5.91 Å². The number of carbonyl (C=O) groups excluding carboxylic acids is 2. The molecule has 0 atom stereocenters. The standard InChI is InChI=1S/C23H33N7O2/c1-27(18-11-16(24)12-18)14-15-5-8-29(9-6-15)17-3-4-19-20(13-17)28(2)26-22(19)30-10-7-21(31)25-23(30)32/h3-4,13,15-16,18H,5-12,14,24H2,1-2H3,(H,25,31,32). The van der Waals surface area contributed by atoms with E-state index in [0.29, 0.717) is 30.9 Å². The number of fused-ring (bicyclic) bond motifs is 1. The van der Waals surface area contributed by atoms with Crippen LogP contribution in [-0.2, 0) is 11.8 Å². The lowest BCUT2D eigenvalue weighted by molar-refractivity contribution is -0.120. The molecule has 3 fully saturated rings. The predicted molar refractivity (Wildman–Crippen MR) is 125 cm³/mol. The average molecular weight is 440 g/mol. The number of nitrogens with two attached hydrogens (primary N) is 1. The van der Waals surface area contributed by atoms with Crippen molar-refractivity contribution in [2.24, 2.45) is 18.7 Å². The van der Waals surface area contributed by atoms with Crippen LogP contribution in [0.1, 0.15) is 32.1 Å². The van der Waals surface area contributed by atoms with E-state index in [4.69, 9.17) is 5.73 Å². The number of hydrogen-bond acceptors (Lipinski definition) is 6. The number of benzene rings is 1. The van der Waals surface area contributed by atoms with Crippen molar-refractivity contribution in [3.8, 4) is 0 Å². The van der Waals surface area contributed by atoms with Crippen molar-refractivity contribution in [1.82, 2.24) is 20.0 Å². The number of piperidine rings is 1. The third kappa shape index (κ3) is 3.95. The van der Waals surface area contributed by atoms with Crippen LogP contribution in [0, 0.1) is 5.92 Å². The second kappa shape index (κ2) is 8.37. The normalized spacial score (nSPS) is 24.9. The summed E-state index contributed by atoms with van der Waals surface area (Å²) >= 11 is 0. The first kappa shape index (κ1) is 21.2. The lowest BCUT2D eigenvalue weighted by Gasteiger charge is -2.42. The van der Waals surface area contributed by atoms with Gasteiger partial charge in [0.05, 0.1) is 5.52 Å². The monoisotopic (exact) mass is 439 g/mol. The minimum atomic E-state index is -0.402. The van der Waals surface area contributed by atoms with Gasteiger partial charge < -0.3 is 15.5 Å². The molecule has 0 spiro atoms. The van der Waals surface area contributed by atoms with Gasteiger partial charge in [-0.05, 0) is 56.8 Å². The first-order valence-electron chi connectivity index (χ1n) is 11.7. The number of nitrogens with one attached hydrogen (secondary N) is 1. The van der Waals surface area contributed by atoms with Crippen molar-refractivity contribution >= 4 is 34.3 Å². The molecule has 2 aliphatic heterocycles. The Morgan fingerprint density at radius 3 is 2.62 bits per heavy atom. The Morgan fingerprint density at radius 2 is 1.94 bits per heavy atom. The number of aryl methyl sites for hydroxylation is 1. The number of anilines is 2. The Kier molecular flexibility index (Phi) is 5.54. The molecule has 9 nitrogen and oxygen atoms in total. The van der Waals surface area contributed by atoms with Crippen LogP contribution >= 0.6 is 0 Å². The average Bonchev–Trinajstić information content (AvgIpc) is 3.07. The van der Waals surface area contributed by atoms with Crippen LogP contribution in [-0.4, -0.2) is 71.9 Å². The number of imide groups is 1. The molecule has 1 saturated carbocycles. The molecule has 1 aromatic heterocycles. The van der Waals surface area contributed by atoms with Crippen molar-refractivity contribution in [3.63, 3.8) is 0 Å². The highest BCUT2D eigenvalue weighted by Gasteiger charge is 2.31. The summed E-state index contributed by atoms with van der Waals surface area (Å²) in [5.41, 5.74) is 8.14. The topological polar surface area (TPSA) is 99.7 Å². The molecule has 5 rings (SSSR count). The molecular formula is C23H33N7O2. The van der Waals surface area contributed by atoms with Gasteiger partial charge in [0.15, 0.2) is 5.82 Å². The maximum absolute atomic E-state index is 12.3. The van der Waals surface area contributed by atoms with E-state index in [1.165, 1.54) is 18.5 Å². The van der Waals surface area contributed by atoms with Gasteiger partial charge in [-0.1, -0.05) is 0 Å². The van der Waals surface area contributed by atoms with E-state index in [0.717, 1.165) is 49.3 Å². The SMILES string of the molecule is CN(CC1CCN(c2ccc3c(N4CCC(=O)NC4=O)nn(C)c3c2)CC1)C1CC(N)C1. The number of amides is 3. The van der Waals surface area contributed by atoms with Crippen LogP contribution in [0.25, 0.3) is 10.9 Å². The molecule has 3 amide bonds. The Morgan fingerprint density at radius 1 is 1.19 bits per heavy atom. The first-order chi connectivity index (χ1) is 15.4. The molecular weight excluding hydrogens is 406 g/mol. The Bertz CT molecular complexity index is 1020. The lowest BCUT2D eigenvalue weighted by atomic mass is 9.85. The maximum atomic E-state index is 12.3. The second-order valence-electron chi connectivity index (χ2n) is 9.66. The van der Waals surface area contributed by atoms with E-state index in [9.17, 15) is 9.59 Å². The van der Waals surface area contributed by atoms with Gasteiger partial charge >= 0.3 is 6.03 Å². The zero-order chi connectivity index (χ0) is 22.4. The van der Waals surface area contributed by atoms with Gasteiger partial charge in [-0.3, -0.25) is 19.7 Å². The van der Waals surface area contributed by atoms with Crippen LogP contribution in [0.3, 0.4) is 0 Å². The predicted octanol–water partition coefficient (Wildman–Crippen LogP) is 1.66. The molecule has 9 heteroatoms. The number of hydrogen-bond donors (Lipinski definition) is 2. The molecule has 2 saturated heterocycles. The molecule has 3 N–H and O–H groups in total. The van der Waals surface area contributed by atoms with Gasteiger partial charge in [0, 0.05) is 62.8 Å². The van der Waals surface area contributed by atoms with E-state index < -0.39 is 6.03 Å². The van der Waals surface area contributed by atoms with Crippen LogP contribution in [0.2, 0.25) is 0 Å². The van der Waals surface area contributed by atoms with Crippen molar-refractivity contribution in [2.45, 2.75) is 44.2 Å². The maximum Gasteiger partial charge on any atom is 0.329 e. The quantitative estimate of drug-likeness (QED) is 0.735. The molecule has 1 aliphatic carbocycles. The van der Waals surface area contributed by atoms with E-state index in [-0.39, 0.29) is 5.91 Å². The highest BCUT2D eigenvalue weighted by Crippen LogP contribution is 2.32. The summed E-state index contributed by atoms with van der Waals surface area (Å²) in [6.07, 6.45) is 4.95. The summed E-state index contributed by atoms with van der Waals surface area (Å²) in [5.74, 6) is 1.11. The van der Waals surface area contributed by atoms with E-state index in [1.54, 1.807) is 4.90 Å². The molecule has 3 aliphatic rings. The summed E-state index contributed by atoms with van der Waals surface area (Å²) in [5, 5.41) is 7.90. The molecule has 172 valence electrons. The highest BCUT2D eigenvalue weighted by molar-refractivity contribution is 6.09. The largest absolute Gasteiger partial charge is 0.371 e. The van der Waals surface area contributed by atoms with Crippen molar-refractivity contribution in [1.29, 1.82) is 0 Å². The van der Waals surface area contributed by atoms with Gasteiger partial charge in [-0.25, -0.2) is 4.79 Å². The Hall–Kier alpha value is -2.65. The van der Waals surface area contributed by atoms with E-state index in [1.807, 2.05) is 11.7 Å². The second-order valence-corrected chi connectivity index (χ2v) is 9.66. The van der Waals surface area contributed by atoms with E-state index in [2.05, 4.69) is 45.5 Å². The smallest absolute Gasteiger partial charge is 0.329 e. The number of aromatic nitrogens is 2. The molecule has 0 unspecified atom stereocenters. The van der Waals surface area contributed by atoms with Crippen molar-refractivity contribution in [3.05, 3.63) is 18.2 Å². The summed E-state index contributed by atoms with van der Waals surface area (Å²) < 4.78 is 1.82. The van der Waals surface area contributed by atoms with Crippen LogP contribution in [0.15, 0.2) is 18.2 Å². The van der Waals surface area contributed by atoms with Crippen LogP contribution in [0.4, 0.5) is 16.3 Å². The highest BCUT2D eigenvalue weighted by atomic mass is 16.2. The number of nitrogens with zero attached hydrogens (tertiary/aromatic N) is 5. The zero-order valence-electron chi connectivity index (χ0n) is 19.0. The first-order valence-corrected chi connectivity index (χ1v) is 11.7. The van der Waals surface area contributed by atoms with Crippen molar-refractivity contribution in [2.75, 3.05) is 43.0 Å². The molecule has 0 bridgehead atoms. The fourth-order valence-electron chi connectivity index (χ4n) is 5.31. The Labute approximate surface area is 188 Å². The Balaban J connectivity index is 1.25. The van der Waals surface area contributed by atoms with Crippen LogP contribution in [0.5, 0.6) is 0 Å². The molecule has 3 heterocycles. The van der Waals surface area contributed by atoms with E-state index >= 15 is 0 Å². The van der Waals surface area contributed by atoms with Crippen molar-refractivity contribution < 1.29 is 9.59 Å². The third-order valence-corrected chi connectivity index (χ3v) is 7.42. The summed E-state index contributed by atoms with van der Waals surface area (Å²) in [7, 11) is 4.15. The van der Waals surface area contributed by atoms with Gasteiger partial charge in [-0.15, -0.1) is 0 Å². The lowest BCUT2D eigenvalue weighted by Crippen LogP contribution is -2.51. The summed E-state index contributed by atoms with van der Waals surface area (Å²) in [4.78, 5) is 30.3. The minimum absolute atomic E-state index is 0.236. The molecule has 2 aromatic rings. The molecule has 0 radical (unpaired) electrons.